The number of halogens is 1. The van der Waals surface area contributed by atoms with Crippen LogP contribution < -0.4 is 4.90 Å². The molecule has 1 spiro atoms. The van der Waals surface area contributed by atoms with E-state index in [1.165, 1.54) is 50.1 Å². The van der Waals surface area contributed by atoms with Gasteiger partial charge in [0.1, 0.15) is 5.82 Å². The summed E-state index contributed by atoms with van der Waals surface area (Å²) < 4.78 is 14.3. The average Bonchev–Trinajstić information content (AvgIpc) is 3.57. The van der Waals surface area contributed by atoms with Gasteiger partial charge in [-0.25, -0.2) is 4.39 Å². The van der Waals surface area contributed by atoms with E-state index in [1.807, 2.05) is 12.1 Å². The Bertz CT molecular complexity index is 2130. The van der Waals surface area contributed by atoms with E-state index in [4.69, 9.17) is 0 Å². The van der Waals surface area contributed by atoms with Crippen LogP contribution in [-0.2, 0) is 5.41 Å². The molecule has 46 heavy (non-hydrogen) atoms. The molecule has 1 nitrogen and oxygen atoms in total. The van der Waals surface area contributed by atoms with Gasteiger partial charge in [-0.3, -0.25) is 0 Å². The van der Waals surface area contributed by atoms with E-state index in [0.717, 1.165) is 17.1 Å². The van der Waals surface area contributed by atoms with E-state index >= 15 is 0 Å². The van der Waals surface area contributed by atoms with E-state index in [0.29, 0.717) is 5.92 Å². The molecule has 0 amide bonds. The van der Waals surface area contributed by atoms with E-state index in [9.17, 15) is 4.39 Å². The first-order chi connectivity index (χ1) is 22.6. The highest BCUT2D eigenvalue weighted by molar-refractivity contribution is 5.96. The summed E-state index contributed by atoms with van der Waals surface area (Å²) in [5, 5.41) is 0. The van der Waals surface area contributed by atoms with Crippen molar-refractivity contribution >= 4 is 11.4 Å². The third kappa shape index (κ3) is 3.80. The van der Waals surface area contributed by atoms with Gasteiger partial charge in [-0.05, 0) is 98.5 Å². The van der Waals surface area contributed by atoms with Gasteiger partial charge in [0.2, 0.25) is 0 Å². The van der Waals surface area contributed by atoms with Crippen LogP contribution in [0.4, 0.5) is 15.8 Å². The molecule has 0 radical (unpaired) electrons. The lowest BCUT2D eigenvalue weighted by molar-refractivity contribution is 0.626. The second-order valence-corrected chi connectivity index (χ2v) is 12.7. The molecule has 9 rings (SSSR count). The Morgan fingerprint density at radius 2 is 1.07 bits per heavy atom. The summed E-state index contributed by atoms with van der Waals surface area (Å²) in [6, 6.07) is 51.2. The van der Waals surface area contributed by atoms with Gasteiger partial charge < -0.3 is 4.90 Å². The number of benzene rings is 6. The van der Waals surface area contributed by atoms with Crippen LogP contribution in [0.5, 0.6) is 0 Å². The van der Waals surface area contributed by atoms with Gasteiger partial charge in [-0.2, -0.15) is 0 Å². The Kier molecular flexibility index (Phi) is 6.01. The van der Waals surface area contributed by atoms with Gasteiger partial charge in [0, 0.05) is 23.0 Å². The van der Waals surface area contributed by atoms with Gasteiger partial charge >= 0.3 is 0 Å². The first-order valence-electron chi connectivity index (χ1n) is 16.1. The first kappa shape index (κ1) is 26.9. The molecule has 0 fully saturated rings. The fraction of sp³-hybridized carbons (Fsp3) is 0.0909. The van der Waals surface area contributed by atoms with Crippen molar-refractivity contribution in [2.24, 2.45) is 5.92 Å². The van der Waals surface area contributed by atoms with Crippen molar-refractivity contribution < 1.29 is 4.39 Å². The zero-order valence-corrected chi connectivity index (χ0v) is 25.6. The molecular formula is C44H32FN. The van der Waals surface area contributed by atoms with Crippen molar-refractivity contribution in [3.05, 3.63) is 203 Å². The number of hydrogen-bond acceptors (Lipinski definition) is 1. The van der Waals surface area contributed by atoms with Gasteiger partial charge in [0.15, 0.2) is 0 Å². The Labute approximate surface area is 269 Å². The highest BCUT2D eigenvalue weighted by atomic mass is 19.1. The Morgan fingerprint density at radius 3 is 1.65 bits per heavy atom. The predicted molar refractivity (Wildman–Crippen MR) is 187 cm³/mol. The Morgan fingerprint density at radius 1 is 0.543 bits per heavy atom. The molecule has 0 aromatic heterocycles. The molecule has 0 N–H and O–H groups in total. The van der Waals surface area contributed by atoms with Crippen LogP contribution in [-0.4, -0.2) is 0 Å². The molecule has 2 heteroatoms. The topological polar surface area (TPSA) is 3.24 Å². The van der Waals surface area contributed by atoms with Crippen LogP contribution in [0.25, 0.3) is 22.3 Å². The maximum absolute atomic E-state index is 14.3. The quantitative estimate of drug-likeness (QED) is 0.196. The average molecular weight is 594 g/mol. The summed E-state index contributed by atoms with van der Waals surface area (Å²) in [6.07, 6.45) is 6.91. The van der Waals surface area contributed by atoms with E-state index < -0.39 is 5.41 Å². The summed E-state index contributed by atoms with van der Waals surface area (Å²) in [5.41, 5.74) is 14.3. The van der Waals surface area contributed by atoms with E-state index in [1.54, 1.807) is 12.1 Å². The molecule has 6 aromatic carbocycles. The van der Waals surface area contributed by atoms with Crippen molar-refractivity contribution in [1.82, 2.24) is 0 Å². The maximum atomic E-state index is 14.3. The first-order valence-corrected chi connectivity index (χ1v) is 16.1. The summed E-state index contributed by atoms with van der Waals surface area (Å²) in [6.45, 7) is 2.28. The molecule has 2 unspecified atom stereocenters. The molecule has 2 atom stereocenters. The minimum Gasteiger partial charge on any atom is -0.311 e. The standard InChI is InChI=1S/C44H32FN/c1-29-27-33(23-25-35(29)30-11-3-2-4-12-30)46(32-21-19-31(45)20-22-32)34-24-26-39-38-15-7-10-18-42(38)44(43(39)28-34)40-16-8-5-13-36(40)37-14-6-9-17-41(37)44/h2-29,35H,1H3. The van der Waals surface area contributed by atoms with Crippen LogP contribution >= 0.6 is 0 Å². The fourth-order valence-corrected chi connectivity index (χ4v) is 8.30. The van der Waals surface area contributed by atoms with Crippen molar-refractivity contribution in [2.45, 2.75) is 18.3 Å². The predicted octanol–water partition coefficient (Wildman–Crippen LogP) is 11.2. The Hall–Kier alpha value is -5.47. The lowest BCUT2D eigenvalue weighted by atomic mass is 9.70. The number of fused-ring (bicyclic) bond motifs is 10. The highest BCUT2D eigenvalue weighted by Gasteiger charge is 2.51. The normalized spacial score (nSPS) is 18.0. The zero-order valence-electron chi connectivity index (χ0n) is 25.6. The molecule has 3 aliphatic carbocycles. The van der Waals surface area contributed by atoms with Gasteiger partial charge in [0.25, 0.3) is 0 Å². The SMILES string of the molecule is CC1C=C(N(c2ccc(F)cc2)c2ccc3c(c2)C2(c4ccccc4-c4ccccc42)c2ccccc2-3)C=CC1c1ccccc1. The molecule has 0 saturated carbocycles. The van der Waals surface area contributed by atoms with Gasteiger partial charge in [-0.15, -0.1) is 0 Å². The zero-order chi connectivity index (χ0) is 30.8. The van der Waals surface area contributed by atoms with Crippen molar-refractivity contribution in [3.8, 4) is 22.3 Å². The van der Waals surface area contributed by atoms with Gasteiger partial charge in [-0.1, -0.05) is 128 Å². The van der Waals surface area contributed by atoms with Crippen LogP contribution in [0, 0.1) is 11.7 Å². The highest BCUT2D eigenvalue weighted by Crippen LogP contribution is 2.63. The van der Waals surface area contributed by atoms with Crippen LogP contribution in [0.1, 0.15) is 40.7 Å². The van der Waals surface area contributed by atoms with Crippen molar-refractivity contribution in [1.29, 1.82) is 0 Å². The number of rotatable bonds is 4. The van der Waals surface area contributed by atoms with E-state index in [-0.39, 0.29) is 11.7 Å². The molecule has 3 aliphatic rings. The minimum absolute atomic E-state index is 0.239. The van der Waals surface area contributed by atoms with Crippen LogP contribution in [0.3, 0.4) is 0 Å². The summed E-state index contributed by atoms with van der Waals surface area (Å²) >= 11 is 0. The summed E-state index contributed by atoms with van der Waals surface area (Å²) in [7, 11) is 0. The van der Waals surface area contributed by atoms with Crippen LogP contribution in [0.2, 0.25) is 0 Å². The molecule has 0 aliphatic heterocycles. The van der Waals surface area contributed by atoms with E-state index in [2.05, 4.69) is 151 Å². The third-order valence-corrected chi connectivity index (χ3v) is 10.2. The second kappa shape index (κ2) is 10.3. The number of allylic oxidation sites excluding steroid dienone is 3. The molecule has 6 aromatic rings. The molecule has 0 saturated heterocycles. The largest absolute Gasteiger partial charge is 0.311 e. The monoisotopic (exact) mass is 593 g/mol. The Balaban J connectivity index is 1.26. The molecule has 220 valence electrons. The number of hydrogen-bond donors (Lipinski definition) is 0. The number of anilines is 2. The minimum atomic E-state index is -0.425. The molecule has 0 bridgehead atoms. The number of nitrogens with zero attached hydrogens (tertiary/aromatic N) is 1. The fourth-order valence-electron chi connectivity index (χ4n) is 8.30. The lowest BCUT2D eigenvalue weighted by Crippen LogP contribution is -2.26. The van der Waals surface area contributed by atoms with Gasteiger partial charge in [0.05, 0.1) is 5.41 Å². The smallest absolute Gasteiger partial charge is 0.123 e. The maximum Gasteiger partial charge on any atom is 0.123 e. The van der Waals surface area contributed by atoms with Crippen molar-refractivity contribution in [3.63, 3.8) is 0 Å². The second-order valence-electron chi connectivity index (χ2n) is 12.7. The summed E-state index contributed by atoms with van der Waals surface area (Å²) in [4.78, 5) is 2.29. The molecular weight excluding hydrogens is 561 g/mol. The summed E-state index contributed by atoms with van der Waals surface area (Å²) in [5.74, 6) is 0.338. The molecule has 0 heterocycles. The third-order valence-electron chi connectivity index (χ3n) is 10.2. The van der Waals surface area contributed by atoms with Crippen molar-refractivity contribution in [2.75, 3.05) is 4.90 Å². The lowest BCUT2D eigenvalue weighted by Gasteiger charge is -2.34. The van der Waals surface area contributed by atoms with Crippen LogP contribution in [0.15, 0.2) is 170 Å².